The van der Waals surface area contributed by atoms with E-state index in [1.165, 1.54) is 32.1 Å². The quantitative estimate of drug-likeness (QED) is 0.711. The molecular formula is C15H30N2O2. The second-order valence-corrected chi connectivity index (χ2v) is 5.80. The molecule has 2 N–H and O–H groups in total. The van der Waals surface area contributed by atoms with Gasteiger partial charge in [0.15, 0.2) is 0 Å². The highest BCUT2D eigenvalue weighted by Gasteiger charge is 2.24. The predicted octanol–water partition coefficient (Wildman–Crippen LogP) is 2.34. The zero-order valence-corrected chi connectivity index (χ0v) is 12.7. The van der Waals surface area contributed by atoms with Gasteiger partial charge >= 0.3 is 5.97 Å². The van der Waals surface area contributed by atoms with Crippen LogP contribution in [0.2, 0.25) is 0 Å². The van der Waals surface area contributed by atoms with E-state index in [4.69, 9.17) is 5.11 Å². The first-order chi connectivity index (χ1) is 9.08. The molecule has 0 aromatic carbocycles. The number of carbonyl (C=O) groups is 1. The Labute approximate surface area is 117 Å². The zero-order valence-electron chi connectivity index (χ0n) is 12.7. The summed E-state index contributed by atoms with van der Waals surface area (Å²) in [5.41, 5.74) is 0. The lowest BCUT2D eigenvalue weighted by Gasteiger charge is -2.34. The Morgan fingerprint density at radius 3 is 2.42 bits per heavy atom. The predicted molar refractivity (Wildman–Crippen MR) is 78.4 cm³/mol. The smallest absolute Gasteiger partial charge is 0.320 e. The maximum absolute atomic E-state index is 11.1. The van der Waals surface area contributed by atoms with Crippen LogP contribution in [0.5, 0.6) is 0 Å². The van der Waals surface area contributed by atoms with Crippen molar-refractivity contribution in [3.8, 4) is 0 Å². The van der Waals surface area contributed by atoms with E-state index in [0.29, 0.717) is 19.0 Å². The zero-order chi connectivity index (χ0) is 14.3. The summed E-state index contributed by atoms with van der Waals surface area (Å²) < 4.78 is 0. The fourth-order valence-electron chi connectivity index (χ4n) is 3.07. The van der Waals surface area contributed by atoms with E-state index in [2.05, 4.69) is 24.2 Å². The highest BCUT2D eigenvalue weighted by molar-refractivity contribution is 5.73. The van der Waals surface area contributed by atoms with Gasteiger partial charge in [-0.1, -0.05) is 20.3 Å². The van der Waals surface area contributed by atoms with E-state index in [0.717, 1.165) is 12.5 Å². The van der Waals surface area contributed by atoms with Crippen LogP contribution < -0.4 is 5.32 Å². The molecule has 4 nitrogen and oxygen atoms in total. The third-order valence-corrected chi connectivity index (χ3v) is 4.54. The van der Waals surface area contributed by atoms with Crippen molar-refractivity contribution in [3.05, 3.63) is 0 Å². The Bertz CT molecular complexity index is 263. The van der Waals surface area contributed by atoms with Crippen molar-refractivity contribution in [3.63, 3.8) is 0 Å². The first kappa shape index (κ1) is 16.4. The fraction of sp³-hybridized carbons (Fsp3) is 0.933. The molecule has 0 aromatic heterocycles. The number of nitrogens with zero attached hydrogens (tertiary/aromatic N) is 1. The summed E-state index contributed by atoms with van der Waals surface area (Å²) in [4.78, 5) is 13.4. The average molecular weight is 270 g/mol. The van der Waals surface area contributed by atoms with E-state index < -0.39 is 12.0 Å². The molecule has 4 heteroatoms. The van der Waals surface area contributed by atoms with E-state index in [9.17, 15) is 4.79 Å². The standard InChI is InChI=1S/C15H30N2O2/c1-4-12-6-8-13(9-7-12)17(3)11-10-14(15(18)19)16-5-2/h12-14,16H,4-11H2,1-3H3,(H,18,19). The SMILES string of the molecule is CCNC(CCN(C)C1CCC(CC)CC1)C(=O)O. The molecule has 0 radical (unpaired) electrons. The van der Waals surface area contributed by atoms with Crippen LogP contribution >= 0.6 is 0 Å². The number of carboxylic acid groups (broad SMARTS) is 1. The molecule has 1 saturated carbocycles. The molecule has 0 aliphatic heterocycles. The topological polar surface area (TPSA) is 52.6 Å². The number of likely N-dealkylation sites (N-methyl/N-ethyl adjacent to an activating group) is 1. The van der Waals surface area contributed by atoms with Crippen molar-refractivity contribution >= 4 is 5.97 Å². The van der Waals surface area contributed by atoms with Crippen LogP contribution in [-0.4, -0.2) is 48.2 Å². The highest BCUT2D eigenvalue weighted by atomic mass is 16.4. The Morgan fingerprint density at radius 2 is 1.95 bits per heavy atom. The van der Waals surface area contributed by atoms with Gasteiger partial charge < -0.3 is 15.3 Å². The van der Waals surface area contributed by atoms with Crippen LogP contribution in [0, 0.1) is 5.92 Å². The summed E-state index contributed by atoms with van der Waals surface area (Å²) in [6, 6.07) is 0.248. The molecule has 1 unspecified atom stereocenters. The summed E-state index contributed by atoms with van der Waals surface area (Å²) in [7, 11) is 2.14. The van der Waals surface area contributed by atoms with Crippen LogP contribution in [0.4, 0.5) is 0 Å². The van der Waals surface area contributed by atoms with Crippen molar-refractivity contribution in [2.75, 3.05) is 20.1 Å². The second kappa shape index (κ2) is 8.54. The van der Waals surface area contributed by atoms with E-state index in [1.54, 1.807) is 0 Å². The number of carboxylic acids is 1. The van der Waals surface area contributed by atoms with Gasteiger partial charge in [-0.25, -0.2) is 0 Å². The Kier molecular flexibility index (Phi) is 7.39. The van der Waals surface area contributed by atoms with Crippen LogP contribution in [-0.2, 0) is 4.79 Å². The van der Waals surface area contributed by atoms with E-state index in [1.807, 2.05) is 6.92 Å². The van der Waals surface area contributed by atoms with Gasteiger partial charge in [0.1, 0.15) is 6.04 Å². The minimum Gasteiger partial charge on any atom is -0.480 e. The normalized spacial score (nSPS) is 25.5. The van der Waals surface area contributed by atoms with Crippen LogP contribution in [0.3, 0.4) is 0 Å². The van der Waals surface area contributed by atoms with Gasteiger partial charge in [0.05, 0.1) is 0 Å². The molecule has 19 heavy (non-hydrogen) atoms. The minimum absolute atomic E-state index is 0.403. The maximum Gasteiger partial charge on any atom is 0.320 e. The molecule has 1 atom stereocenters. The molecule has 1 aliphatic rings. The van der Waals surface area contributed by atoms with Gasteiger partial charge in [-0.05, 0) is 51.6 Å². The molecule has 1 aliphatic carbocycles. The van der Waals surface area contributed by atoms with Crippen LogP contribution in [0.15, 0.2) is 0 Å². The largest absolute Gasteiger partial charge is 0.480 e. The average Bonchev–Trinajstić information content (AvgIpc) is 2.42. The molecule has 0 amide bonds. The highest BCUT2D eigenvalue weighted by Crippen LogP contribution is 2.28. The third kappa shape index (κ3) is 5.49. The molecular weight excluding hydrogens is 240 g/mol. The lowest BCUT2D eigenvalue weighted by Crippen LogP contribution is -2.42. The third-order valence-electron chi connectivity index (χ3n) is 4.54. The first-order valence-corrected chi connectivity index (χ1v) is 7.74. The maximum atomic E-state index is 11.1. The van der Waals surface area contributed by atoms with Gasteiger partial charge in [-0.3, -0.25) is 4.79 Å². The molecule has 0 saturated heterocycles. The van der Waals surface area contributed by atoms with E-state index in [-0.39, 0.29) is 0 Å². The molecule has 0 heterocycles. The van der Waals surface area contributed by atoms with Crippen molar-refractivity contribution in [1.29, 1.82) is 0 Å². The summed E-state index contributed by atoms with van der Waals surface area (Å²) >= 11 is 0. The number of hydrogen-bond donors (Lipinski definition) is 2. The molecule has 1 rings (SSSR count). The van der Waals surface area contributed by atoms with Gasteiger partial charge in [-0.2, -0.15) is 0 Å². The summed E-state index contributed by atoms with van der Waals surface area (Å²) in [5, 5.41) is 12.1. The van der Waals surface area contributed by atoms with E-state index >= 15 is 0 Å². The minimum atomic E-state index is -0.732. The molecule has 0 aromatic rings. The summed E-state index contributed by atoms with van der Waals surface area (Å²) in [6.07, 6.45) is 7.20. The Morgan fingerprint density at radius 1 is 1.32 bits per heavy atom. The summed E-state index contributed by atoms with van der Waals surface area (Å²) in [6.45, 7) is 5.81. The van der Waals surface area contributed by atoms with Crippen LogP contribution in [0.25, 0.3) is 0 Å². The summed E-state index contributed by atoms with van der Waals surface area (Å²) in [5.74, 6) is 0.183. The van der Waals surface area contributed by atoms with Crippen molar-refractivity contribution in [1.82, 2.24) is 10.2 Å². The number of nitrogens with one attached hydrogen (secondary N) is 1. The lowest BCUT2D eigenvalue weighted by atomic mass is 9.84. The van der Waals surface area contributed by atoms with Crippen LogP contribution in [0.1, 0.15) is 52.4 Å². The van der Waals surface area contributed by atoms with Gasteiger partial charge in [0.2, 0.25) is 0 Å². The fourth-order valence-corrected chi connectivity index (χ4v) is 3.07. The van der Waals surface area contributed by atoms with Gasteiger partial charge in [-0.15, -0.1) is 0 Å². The Balaban J connectivity index is 2.30. The van der Waals surface area contributed by atoms with Gasteiger partial charge in [0, 0.05) is 12.6 Å². The molecule has 0 spiro atoms. The Hall–Kier alpha value is -0.610. The van der Waals surface area contributed by atoms with Gasteiger partial charge in [0.25, 0.3) is 0 Å². The molecule has 0 bridgehead atoms. The van der Waals surface area contributed by atoms with Crippen molar-refractivity contribution < 1.29 is 9.90 Å². The first-order valence-electron chi connectivity index (χ1n) is 7.74. The molecule has 112 valence electrons. The molecule has 1 fully saturated rings. The monoisotopic (exact) mass is 270 g/mol. The number of aliphatic carboxylic acids is 1. The van der Waals surface area contributed by atoms with Crippen molar-refractivity contribution in [2.24, 2.45) is 5.92 Å². The van der Waals surface area contributed by atoms with Crippen molar-refractivity contribution in [2.45, 2.75) is 64.5 Å². The second-order valence-electron chi connectivity index (χ2n) is 5.80. The lowest BCUT2D eigenvalue weighted by molar-refractivity contribution is -0.139. The number of rotatable bonds is 8. The number of hydrogen-bond acceptors (Lipinski definition) is 3.